The molecule has 3 heterocycles. The monoisotopic (exact) mass is 303 g/mol. The van der Waals surface area contributed by atoms with Gasteiger partial charge in [0.25, 0.3) is 0 Å². The number of hydrogen-bond donors (Lipinski definition) is 2. The van der Waals surface area contributed by atoms with Crippen LogP contribution in [0.25, 0.3) is 11.2 Å². The number of thiophene rings is 1. The Morgan fingerprint density at radius 2 is 2.24 bits per heavy atom. The van der Waals surface area contributed by atoms with Crippen molar-refractivity contribution in [1.82, 2.24) is 19.5 Å². The zero-order valence-corrected chi connectivity index (χ0v) is 12.8. The molecule has 3 aromatic heterocycles. The number of aromatic nitrogens is 4. The zero-order chi connectivity index (χ0) is 14.9. The summed E-state index contributed by atoms with van der Waals surface area (Å²) >= 11 is 1.63. The van der Waals surface area contributed by atoms with Gasteiger partial charge in [-0.2, -0.15) is 11.3 Å². The normalized spacial score (nSPS) is 14.2. The molecule has 2 N–H and O–H groups in total. The predicted octanol–water partition coefficient (Wildman–Crippen LogP) is 1.83. The lowest BCUT2D eigenvalue weighted by atomic mass is 9.98. The van der Waals surface area contributed by atoms with E-state index in [0.717, 1.165) is 11.2 Å². The van der Waals surface area contributed by atoms with Gasteiger partial charge in [-0.15, -0.1) is 0 Å². The Labute approximate surface area is 126 Å². The number of nitrogens with one attached hydrogen (secondary N) is 1. The molecule has 0 aromatic carbocycles. The highest BCUT2D eigenvalue weighted by atomic mass is 32.1. The minimum atomic E-state index is -0.854. The number of imidazole rings is 1. The number of aryl methyl sites for hydroxylation is 1. The van der Waals surface area contributed by atoms with Crippen LogP contribution in [0.5, 0.6) is 0 Å². The van der Waals surface area contributed by atoms with Crippen molar-refractivity contribution in [3.8, 4) is 0 Å². The molecule has 7 heteroatoms. The summed E-state index contributed by atoms with van der Waals surface area (Å²) in [5, 5.41) is 17.7. The van der Waals surface area contributed by atoms with E-state index < -0.39 is 5.60 Å². The van der Waals surface area contributed by atoms with E-state index in [1.165, 1.54) is 6.33 Å². The first-order chi connectivity index (χ1) is 10.1. The molecule has 6 nitrogen and oxygen atoms in total. The largest absolute Gasteiger partial charge is 0.388 e. The van der Waals surface area contributed by atoms with E-state index in [9.17, 15) is 5.11 Å². The molecule has 3 aromatic rings. The molecule has 0 aliphatic heterocycles. The third-order valence-electron chi connectivity index (χ3n) is 3.30. The van der Waals surface area contributed by atoms with E-state index in [2.05, 4.69) is 25.6 Å². The molecule has 3 rings (SSSR count). The number of anilines is 1. The van der Waals surface area contributed by atoms with Crippen LogP contribution >= 0.6 is 11.3 Å². The minimum absolute atomic E-state index is 0.394. The van der Waals surface area contributed by atoms with Gasteiger partial charge in [-0.1, -0.05) is 0 Å². The molecule has 1 atom stereocenters. The summed E-state index contributed by atoms with van der Waals surface area (Å²) in [6, 6.07) is 2.03. The van der Waals surface area contributed by atoms with Crippen molar-refractivity contribution >= 4 is 28.3 Å². The van der Waals surface area contributed by atoms with Crippen molar-refractivity contribution in [3.05, 3.63) is 35.0 Å². The summed E-state index contributed by atoms with van der Waals surface area (Å²) < 4.78 is 1.84. The fourth-order valence-electron chi connectivity index (χ4n) is 2.24. The Kier molecular flexibility index (Phi) is 3.60. The molecular weight excluding hydrogens is 286 g/mol. The number of aliphatic hydroxyl groups is 1. The molecule has 0 saturated heterocycles. The standard InChI is InChI=1S/C14H17N5OS/c1-14(20,5-10-3-4-21-6-10)7-15-12-11-13(17-8-16-12)19(2)9-18-11/h3-4,6,8-9,20H,5,7H2,1-2H3,(H,15,16,17). The molecule has 0 fully saturated rings. The Hall–Kier alpha value is -1.99. The summed E-state index contributed by atoms with van der Waals surface area (Å²) in [5.74, 6) is 0.645. The Bertz CT molecular complexity index is 735. The molecule has 0 bridgehead atoms. The van der Waals surface area contributed by atoms with Crippen molar-refractivity contribution in [2.75, 3.05) is 11.9 Å². The van der Waals surface area contributed by atoms with Crippen molar-refractivity contribution in [3.63, 3.8) is 0 Å². The summed E-state index contributed by atoms with van der Waals surface area (Å²) in [6.45, 7) is 2.21. The van der Waals surface area contributed by atoms with Crippen LogP contribution in [0.2, 0.25) is 0 Å². The van der Waals surface area contributed by atoms with Gasteiger partial charge in [0.1, 0.15) is 11.8 Å². The predicted molar refractivity (Wildman–Crippen MR) is 83.4 cm³/mol. The second kappa shape index (κ2) is 5.42. The fraction of sp³-hybridized carbons (Fsp3) is 0.357. The maximum atomic E-state index is 10.5. The van der Waals surface area contributed by atoms with Crippen LogP contribution in [0.15, 0.2) is 29.5 Å². The van der Waals surface area contributed by atoms with Crippen LogP contribution in [0.4, 0.5) is 5.82 Å². The molecule has 110 valence electrons. The van der Waals surface area contributed by atoms with Gasteiger partial charge in [-0.05, 0) is 29.3 Å². The quantitative estimate of drug-likeness (QED) is 0.752. The molecule has 0 radical (unpaired) electrons. The molecule has 0 aliphatic carbocycles. The van der Waals surface area contributed by atoms with E-state index in [-0.39, 0.29) is 0 Å². The fourth-order valence-corrected chi connectivity index (χ4v) is 2.91. The van der Waals surface area contributed by atoms with Gasteiger partial charge in [0.15, 0.2) is 11.5 Å². The van der Waals surface area contributed by atoms with Gasteiger partial charge in [0.2, 0.25) is 0 Å². The second-order valence-electron chi connectivity index (χ2n) is 5.41. The Morgan fingerprint density at radius 3 is 3.00 bits per heavy atom. The first kappa shape index (κ1) is 14.0. The van der Waals surface area contributed by atoms with Gasteiger partial charge >= 0.3 is 0 Å². The molecule has 0 spiro atoms. The number of fused-ring (bicyclic) bond motifs is 1. The number of hydrogen-bond acceptors (Lipinski definition) is 6. The molecule has 1 unspecified atom stereocenters. The van der Waals surface area contributed by atoms with Crippen molar-refractivity contribution in [2.24, 2.45) is 7.05 Å². The van der Waals surface area contributed by atoms with Crippen molar-refractivity contribution in [1.29, 1.82) is 0 Å². The maximum Gasteiger partial charge on any atom is 0.165 e. The third kappa shape index (κ3) is 3.03. The minimum Gasteiger partial charge on any atom is -0.388 e. The van der Waals surface area contributed by atoms with Crippen LogP contribution < -0.4 is 5.32 Å². The van der Waals surface area contributed by atoms with Gasteiger partial charge < -0.3 is 15.0 Å². The average molecular weight is 303 g/mol. The highest BCUT2D eigenvalue weighted by Gasteiger charge is 2.22. The van der Waals surface area contributed by atoms with Gasteiger partial charge in [0, 0.05) is 20.0 Å². The number of nitrogens with zero attached hydrogens (tertiary/aromatic N) is 4. The van der Waals surface area contributed by atoms with E-state index in [1.807, 2.05) is 30.0 Å². The van der Waals surface area contributed by atoms with Gasteiger partial charge in [-0.3, -0.25) is 0 Å². The van der Waals surface area contributed by atoms with E-state index in [4.69, 9.17) is 0 Å². The third-order valence-corrected chi connectivity index (χ3v) is 4.03. The van der Waals surface area contributed by atoms with Crippen LogP contribution in [0.1, 0.15) is 12.5 Å². The van der Waals surface area contributed by atoms with Gasteiger partial charge in [0.05, 0.1) is 11.9 Å². The topological polar surface area (TPSA) is 75.9 Å². The molecular formula is C14H17N5OS. The highest BCUT2D eigenvalue weighted by Crippen LogP contribution is 2.19. The summed E-state index contributed by atoms with van der Waals surface area (Å²) in [6.07, 6.45) is 3.80. The van der Waals surface area contributed by atoms with Crippen LogP contribution in [0.3, 0.4) is 0 Å². The highest BCUT2D eigenvalue weighted by molar-refractivity contribution is 7.07. The summed E-state index contributed by atoms with van der Waals surface area (Å²) in [4.78, 5) is 12.7. The zero-order valence-electron chi connectivity index (χ0n) is 11.9. The smallest absolute Gasteiger partial charge is 0.165 e. The summed E-state index contributed by atoms with van der Waals surface area (Å²) in [7, 11) is 1.89. The Balaban J connectivity index is 1.74. The lowest BCUT2D eigenvalue weighted by molar-refractivity contribution is 0.0742. The number of rotatable bonds is 5. The van der Waals surface area contributed by atoms with Gasteiger partial charge in [-0.25, -0.2) is 15.0 Å². The molecule has 21 heavy (non-hydrogen) atoms. The second-order valence-corrected chi connectivity index (χ2v) is 6.19. The molecule has 0 amide bonds. The lowest BCUT2D eigenvalue weighted by Gasteiger charge is -2.23. The SMILES string of the molecule is Cn1cnc2c(NCC(C)(O)Cc3ccsc3)ncnc21. The maximum absolute atomic E-state index is 10.5. The van der Waals surface area contributed by atoms with E-state index in [0.29, 0.717) is 24.3 Å². The van der Waals surface area contributed by atoms with Crippen molar-refractivity contribution < 1.29 is 5.11 Å². The first-order valence-electron chi connectivity index (χ1n) is 6.64. The van der Waals surface area contributed by atoms with Crippen molar-refractivity contribution in [2.45, 2.75) is 18.9 Å². The molecule has 0 aliphatic rings. The molecule has 0 saturated carbocycles. The first-order valence-corrected chi connectivity index (χ1v) is 7.59. The van der Waals surface area contributed by atoms with Crippen LogP contribution in [0, 0.1) is 0 Å². The van der Waals surface area contributed by atoms with E-state index in [1.54, 1.807) is 17.7 Å². The lowest BCUT2D eigenvalue weighted by Crippen LogP contribution is -2.36. The average Bonchev–Trinajstić information content (AvgIpc) is 3.07. The van der Waals surface area contributed by atoms with E-state index >= 15 is 0 Å². The van der Waals surface area contributed by atoms with Crippen LogP contribution in [-0.2, 0) is 13.5 Å². The van der Waals surface area contributed by atoms with Crippen LogP contribution in [-0.4, -0.2) is 36.8 Å². The summed E-state index contributed by atoms with van der Waals surface area (Å²) in [5.41, 5.74) is 1.77. The Morgan fingerprint density at radius 1 is 1.38 bits per heavy atom.